The maximum absolute atomic E-state index is 10.2. The van der Waals surface area contributed by atoms with Crippen molar-refractivity contribution in [1.29, 1.82) is 0 Å². The summed E-state index contributed by atoms with van der Waals surface area (Å²) in [5, 5.41) is 10.2. The van der Waals surface area contributed by atoms with Gasteiger partial charge >= 0.3 is 0 Å². The highest BCUT2D eigenvalue weighted by atomic mass is 16.3. The first-order valence-corrected chi connectivity index (χ1v) is 6.05. The van der Waals surface area contributed by atoms with E-state index in [1.54, 1.807) is 0 Å². The first-order chi connectivity index (χ1) is 6.62. The molecule has 1 aliphatic rings. The van der Waals surface area contributed by atoms with Crippen LogP contribution in [0.4, 0.5) is 0 Å². The fourth-order valence-electron chi connectivity index (χ4n) is 2.55. The van der Waals surface area contributed by atoms with Crippen LogP contribution in [-0.2, 0) is 0 Å². The second-order valence-electron chi connectivity index (χ2n) is 6.95. The number of hydrogen-bond acceptors (Lipinski definition) is 2. The van der Waals surface area contributed by atoms with Gasteiger partial charge < -0.3 is 5.11 Å². The second kappa shape index (κ2) is 4.06. The normalized spacial score (nSPS) is 30.6. The minimum Gasteiger partial charge on any atom is -0.391 e. The minimum atomic E-state index is -0.169. The van der Waals surface area contributed by atoms with Gasteiger partial charge in [0, 0.05) is 12.1 Å². The lowest BCUT2D eigenvalue weighted by Crippen LogP contribution is -2.54. The van der Waals surface area contributed by atoms with E-state index in [1.807, 2.05) is 0 Å². The number of nitrogens with zero attached hydrogens (tertiary/aromatic N) is 1. The Kier molecular flexibility index (Phi) is 3.52. The number of β-amino-alcohol motifs (C(OH)–C–C–N with tert-alkyl or cyclic N) is 1. The molecule has 1 saturated heterocycles. The minimum absolute atomic E-state index is 0.169. The van der Waals surface area contributed by atoms with Crippen molar-refractivity contribution < 1.29 is 5.11 Å². The van der Waals surface area contributed by atoms with E-state index in [-0.39, 0.29) is 17.1 Å². The Morgan fingerprint density at radius 2 is 1.60 bits per heavy atom. The molecule has 0 radical (unpaired) electrons. The third kappa shape index (κ3) is 3.18. The third-order valence-corrected chi connectivity index (χ3v) is 3.64. The van der Waals surface area contributed by atoms with E-state index in [2.05, 4.69) is 46.4 Å². The Hall–Kier alpha value is -0.0800. The van der Waals surface area contributed by atoms with Crippen molar-refractivity contribution in [1.82, 2.24) is 4.90 Å². The summed E-state index contributed by atoms with van der Waals surface area (Å²) in [6.45, 7) is 15.3. The van der Waals surface area contributed by atoms with Gasteiger partial charge in [0.15, 0.2) is 0 Å². The summed E-state index contributed by atoms with van der Waals surface area (Å²) in [6, 6.07) is 0. The van der Waals surface area contributed by atoms with Crippen molar-refractivity contribution in [2.45, 2.75) is 59.6 Å². The summed E-state index contributed by atoms with van der Waals surface area (Å²) in [4.78, 5) is 2.39. The fourth-order valence-corrected chi connectivity index (χ4v) is 2.55. The van der Waals surface area contributed by atoms with Crippen LogP contribution >= 0.6 is 0 Å². The largest absolute Gasteiger partial charge is 0.391 e. The number of aliphatic hydroxyl groups excluding tert-OH is 1. The molecule has 0 spiro atoms. The molecule has 0 amide bonds. The molecule has 1 N–H and O–H groups in total. The monoisotopic (exact) mass is 213 g/mol. The lowest BCUT2D eigenvalue weighted by atomic mass is 9.73. The predicted molar refractivity (Wildman–Crippen MR) is 64.9 cm³/mol. The predicted octanol–water partition coefficient (Wildman–Crippen LogP) is 2.51. The van der Waals surface area contributed by atoms with E-state index in [4.69, 9.17) is 0 Å². The van der Waals surface area contributed by atoms with E-state index >= 15 is 0 Å². The smallest absolute Gasteiger partial charge is 0.0700 e. The summed E-state index contributed by atoms with van der Waals surface area (Å²) in [6.07, 6.45) is 0.944. The molecule has 90 valence electrons. The van der Waals surface area contributed by atoms with E-state index in [0.29, 0.717) is 5.92 Å². The Morgan fingerprint density at radius 1 is 1.07 bits per heavy atom. The van der Waals surface area contributed by atoms with Crippen LogP contribution in [0.1, 0.15) is 48.0 Å². The molecule has 2 nitrogen and oxygen atoms in total. The number of rotatable bonds is 0. The van der Waals surface area contributed by atoms with Crippen LogP contribution < -0.4 is 0 Å². The molecule has 0 aromatic heterocycles. The van der Waals surface area contributed by atoms with Crippen molar-refractivity contribution in [2.24, 2.45) is 11.3 Å². The summed E-state index contributed by atoms with van der Waals surface area (Å²) >= 11 is 0. The molecule has 1 rings (SSSR count). The summed E-state index contributed by atoms with van der Waals surface area (Å²) < 4.78 is 0. The van der Waals surface area contributed by atoms with Gasteiger partial charge in [0.1, 0.15) is 0 Å². The average Bonchev–Trinajstić information content (AvgIpc) is 1.99. The first kappa shape index (κ1) is 13.0. The lowest BCUT2D eigenvalue weighted by Gasteiger charge is -2.47. The molecule has 2 atom stereocenters. The van der Waals surface area contributed by atoms with Crippen LogP contribution in [0.3, 0.4) is 0 Å². The van der Waals surface area contributed by atoms with Crippen LogP contribution in [0.25, 0.3) is 0 Å². The Balaban J connectivity index is 2.64. The van der Waals surface area contributed by atoms with Crippen LogP contribution in [0.2, 0.25) is 0 Å². The van der Waals surface area contributed by atoms with Gasteiger partial charge in [-0.05, 0) is 45.1 Å². The molecular formula is C13H27NO. The van der Waals surface area contributed by atoms with E-state index in [9.17, 15) is 5.11 Å². The summed E-state index contributed by atoms with van der Waals surface area (Å²) in [5.41, 5.74) is 0.410. The van der Waals surface area contributed by atoms with Gasteiger partial charge in [-0.2, -0.15) is 0 Å². The van der Waals surface area contributed by atoms with Gasteiger partial charge in [-0.1, -0.05) is 20.8 Å². The summed E-state index contributed by atoms with van der Waals surface area (Å²) in [5.74, 6) is 0.441. The maximum atomic E-state index is 10.2. The van der Waals surface area contributed by atoms with E-state index < -0.39 is 0 Å². The molecule has 2 heteroatoms. The molecule has 1 aliphatic heterocycles. The standard InChI is InChI=1S/C13H27NO/c1-12(2,3)10-7-8-14(9-11(10)15)13(4,5)6/h10-11,15H,7-9H2,1-6H3/t10-,11-/m0/s1. The molecule has 15 heavy (non-hydrogen) atoms. The zero-order chi connectivity index (χ0) is 11.9. The Bertz CT molecular complexity index is 212. The zero-order valence-corrected chi connectivity index (χ0v) is 11.2. The molecule has 0 saturated carbocycles. The molecule has 1 heterocycles. The molecule has 0 aliphatic carbocycles. The highest BCUT2D eigenvalue weighted by Crippen LogP contribution is 2.36. The highest BCUT2D eigenvalue weighted by Gasteiger charge is 2.38. The molecule has 0 aromatic rings. The molecule has 0 aromatic carbocycles. The maximum Gasteiger partial charge on any atom is 0.0700 e. The van der Waals surface area contributed by atoms with Gasteiger partial charge in [-0.3, -0.25) is 4.90 Å². The summed E-state index contributed by atoms with van der Waals surface area (Å²) in [7, 11) is 0. The van der Waals surface area contributed by atoms with Crippen molar-refractivity contribution >= 4 is 0 Å². The van der Waals surface area contributed by atoms with Crippen molar-refractivity contribution in [3.63, 3.8) is 0 Å². The van der Waals surface area contributed by atoms with Gasteiger partial charge in [-0.25, -0.2) is 0 Å². The van der Waals surface area contributed by atoms with Crippen LogP contribution in [0.5, 0.6) is 0 Å². The fraction of sp³-hybridized carbons (Fsp3) is 1.00. The van der Waals surface area contributed by atoms with Gasteiger partial charge in [0.25, 0.3) is 0 Å². The van der Waals surface area contributed by atoms with Crippen LogP contribution in [-0.4, -0.2) is 34.7 Å². The number of hydrogen-bond donors (Lipinski definition) is 1. The van der Waals surface area contributed by atoms with Crippen LogP contribution in [0.15, 0.2) is 0 Å². The van der Waals surface area contributed by atoms with Crippen LogP contribution in [0, 0.1) is 11.3 Å². The molecule has 0 unspecified atom stereocenters. The number of piperidine rings is 1. The van der Waals surface area contributed by atoms with Crippen molar-refractivity contribution in [2.75, 3.05) is 13.1 Å². The quantitative estimate of drug-likeness (QED) is 0.668. The first-order valence-electron chi connectivity index (χ1n) is 6.05. The van der Waals surface area contributed by atoms with Gasteiger partial charge in [0.05, 0.1) is 6.10 Å². The van der Waals surface area contributed by atoms with Gasteiger partial charge in [-0.15, -0.1) is 0 Å². The second-order valence-corrected chi connectivity index (χ2v) is 6.95. The molecule has 0 bridgehead atoms. The number of likely N-dealkylation sites (tertiary alicyclic amines) is 1. The Labute approximate surface area is 94.7 Å². The molecule has 1 fully saturated rings. The van der Waals surface area contributed by atoms with Crippen molar-refractivity contribution in [3.8, 4) is 0 Å². The third-order valence-electron chi connectivity index (χ3n) is 3.64. The molecular weight excluding hydrogens is 186 g/mol. The highest BCUT2D eigenvalue weighted by molar-refractivity contribution is 4.90. The van der Waals surface area contributed by atoms with E-state index in [0.717, 1.165) is 19.5 Å². The SMILES string of the molecule is CC(C)(C)[C@H]1CCN(C(C)(C)C)C[C@@H]1O. The van der Waals surface area contributed by atoms with E-state index in [1.165, 1.54) is 0 Å². The van der Waals surface area contributed by atoms with Crippen molar-refractivity contribution in [3.05, 3.63) is 0 Å². The Morgan fingerprint density at radius 3 is 1.93 bits per heavy atom. The topological polar surface area (TPSA) is 23.5 Å². The van der Waals surface area contributed by atoms with Gasteiger partial charge in [0.2, 0.25) is 0 Å². The zero-order valence-electron chi connectivity index (χ0n) is 11.2. The number of aliphatic hydroxyl groups is 1. The average molecular weight is 213 g/mol. The lowest BCUT2D eigenvalue weighted by molar-refractivity contribution is -0.0501.